The van der Waals surface area contributed by atoms with Crippen molar-refractivity contribution in [3.05, 3.63) is 54.6 Å². The van der Waals surface area contributed by atoms with Crippen molar-refractivity contribution in [1.82, 2.24) is 0 Å². The van der Waals surface area contributed by atoms with Crippen molar-refractivity contribution >= 4 is 30.5 Å². The molecular formula is C11H9Cl2CrFNO5P. The second-order valence-corrected chi connectivity index (χ2v) is 8.18. The summed E-state index contributed by atoms with van der Waals surface area (Å²) < 4.78 is 38.0. The van der Waals surface area contributed by atoms with Crippen LogP contribution in [-0.2, 0) is 40.6 Å². The van der Waals surface area contributed by atoms with E-state index in [9.17, 15) is 0 Å². The molecule has 0 aromatic heterocycles. The monoisotopic (exact) mass is 407 g/mol. The van der Waals surface area contributed by atoms with E-state index < -0.39 is 7.26 Å². The van der Waals surface area contributed by atoms with Crippen LogP contribution in [0.4, 0.5) is 0 Å². The van der Waals surface area contributed by atoms with E-state index in [1.165, 1.54) is 0 Å². The molecule has 0 saturated heterocycles. The van der Waals surface area contributed by atoms with Crippen LogP contribution in [0.5, 0.6) is 0 Å². The van der Waals surface area contributed by atoms with Crippen molar-refractivity contribution in [2.24, 2.45) is 0 Å². The predicted octanol–water partition coefficient (Wildman–Crippen LogP) is 0.231. The van der Waals surface area contributed by atoms with E-state index in [2.05, 4.69) is 38.1 Å². The van der Waals surface area contributed by atoms with Gasteiger partial charge in [-0.25, -0.2) is 4.85 Å². The van der Waals surface area contributed by atoms with E-state index in [0.29, 0.717) is 4.77 Å². The topological polar surface area (TPSA) is 104 Å². The average Bonchev–Trinajstić information content (AvgIpc) is 2.54. The van der Waals surface area contributed by atoms with E-state index in [1.54, 1.807) is 0 Å². The molecule has 120 valence electrons. The Hall–Kier alpha value is -0.598. The van der Waals surface area contributed by atoms with Crippen LogP contribution in [0.3, 0.4) is 0 Å². The molecule has 0 aliphatic heterocycles. The van der Waals surface area contributed by atoms with Crippen LogP contribution >= 0.6 is 30.5 Å². The molecule has 22 heavy (non-hydrogen) atoms. The Bertz CT molecular complexity index is 360. The van der Waals surface area contributed by atoms with Crippen LogP contribution in [0.15, 0.2) is 9.93 Å². The maximum Gasteiger partial charge on any atom is 0 e. The van der Waals surface area contributed by atoms with E-state index in [-0.39, 0.29) is 27.2 Å². The Labute approximate surface area is 150 Å². The van der Waals surface area contributed by atoms with Gasteiger partial charge >= 0.3 is 61.7 Å². The predicted molar refractivity (Wildman–Crippen MR) is 69.7 cm³/mol. The summed E-state index contributed by atoms with van der Waals surface area (Å²) in [6.45, 7) is 35.1. The minimum absolute atomic E-state index is 0. The summed E-state index contributed by atoms with van der Waals surface area (Å²) in [5, 5.41) is 0.113. The van der Waals surface area contributed by atoms with Crippen LogP contribution in [0, 0.1) is 39.8 Å². The molecular weight excluding hydrogens is 399 g/mol. The standard InChI is InChI=1S/C6H9Cl2NP.5CO.Cr.FH/c1-9-5(7)6(8)10(2,3)4;5*1-2;;/h2-4H3;;;;;;;1H/q+1;;;;;;;/p-1/b6-5-;;;;;;;. The summed E-state index contributed by atoms with van der Waals surface area (Å²) in [5.41, 5.74) is 0. The molecule has 6 nitrogen and oxygen atoms in total. The molecule has 11 heteroatoms. The molecule has 0 unspecified atom stereocenters. The average molecular weight is 408 g/mol. The Balaban J connectivity index is -0.0000000233. The van der Waals surface area contributed by atoms with Crippen molar-refractivity contribution < 1.29 is 45.3 Å². The van der Waals surface area contributed by atoms with Crippen molar-refractivity contribution in [2.45, 2.75) is 0 Å². The third-order valence-electron chi connectivity index (χ3n) is 0.857. The maximum absolute atomic E-state index is 7.50. The van der Waals surface area contributed by atoms with Gasteiger partial charge in [-0.15, -0.1) is 11.6 Å². The Kier molecular flexibility index (Phi) is 113. The Morgan fingerprint density at radius 2 is 0.955 bits per heavy atom. The summed E-state index contributed by atoms with van der Waals surface area (Å²) in [5.74, 6) is 0. The number of hydrogen-bond donors (Lipinski definition) is 0. The zero-order valence-electron chi connectivity index (χ0n) is 11.5. The molecule has 0 aliphatic carbocycles. The summed E-state index contributed by atoms with van der Waals surface area (Å²) >= 11 is 11.3. The van der Waals surface area contributed by atoms with Gasteiger partial charge in [0.25, 0.3) is 0 Å². The van der Waals surface area contributed by atoms with Gasteiger partial charge in [-0.2, -0.15) is 0 Å². The smallest absolute Gasteiger partial charge is 0 e. The molecule has 0 saturated carbocycles. The minimum atomic E-state index is -1.28. The number of halogens is 3. The first-order valence-electron chi connectivity index (χ1n) is 3.66. The number of hydrogen-bond acceptors (Lipinski definition) is 0. The zero-order valence-corrected chi connectivity index (χ0v) is 15.2. The third kappa shape index (κ3) is 50.5. The molecule has 0 amide bonds. The van der Waals surface area contributed by atoms with Gasteiger partial charge in [0.2, 0.25) is 0 Å². The Morgan fingerprint density at radius 1 is 0.773 bits per heavy atom. The van der Waals surface area contributed by atoms with Gasteiger partial charge in [0.05, 0.1) is 26.6 Å². The molecule has 0 fully saturated rings. The van der Waals surface area contributed by atoms with Gasteiger partial charge in [-0.1, -0.05) is 11.6 Å². The Morgan fingerprint density at radius 3 is 1.00 bits per heavy atom. The summed E-state index contributed by atoms with van der Waals surface area (Å²) in [6, 6.07) is 0. The molecule has 0 rings (SSSR count). The van der Waals surface area contributed by atoms with Crippen LogP contribution in [0.2, 0.25) is 0 Å². The molecule has 0 N–H and O–H groups in total. The summed E-state index contributed by atoms with van der Waals surface area (Å²) in [4.78, 5) is 3.05. The fourth-order valence-corrected chi connectivity index (χ4v) is 1.73. The SMILES string of the molecule is [C-]#[N+]/C(Cl)=C(/Cl)[P+](C)(C)C.[C-]#[O+].[C-]#[O+].[C-]#[O+].[C-]#[O+].[C-]#[O+].[Cr].[F-]. The van der Waals surface area contributed by atoms with Crippen LogP contribution in [0.1, 0.15) is 0 Å². The second-order valence-electron chi connectivity index (χ2n) is 2.71. The quantitative estimate of drug-likeness (QED) is 0.257. The van der Waals surface area contributed by atoms with Gasteiger partial charge < -0.3 is 4.70 Å². The van der Waals surface area contributed by atoms with Gasteiger partial charge in [-0.3, -0.25) is 0 Å². The minimum Gasteiger partial charge on any atom is -1.00 e. The van der Waals surface area contributed by atoms with Gasteiger partial charge in [-0.05, 0) is 0 Å². The van der Waals surface area contributed by atoms with E-state index in [0.717, 1.165) is 0 Å². The van der Waals surface area contributed by atoms with Gasteiger partial charge in [0, 0.05) is 24.6 Å². The van der Waals surface area contributed by atoms with E-state index in [1.807, 2.05) is 20.0 Å². The van der Waals surface area contributed by atoms with E-state index >= 15 is 0 Å². The molecule has 0 aliphatic rings. The fourth-order valence-electron chi connectivity index (χ4n) is 0.323. The molecule has 0 aromatic carbocycles. The summed E-state index contributed by atoms with van der Waals surface area (Å²) in [7, 11) is -1.28. The molecule has 0 aromatic rings. The van der Waals surface area contributed by atoms with Crippen molar-refractivity contribution in [3.8, 4) is 0 Å². The maximum atomic E-state index is 7.50. The third-order valence-corrected chi connectivity index (χ3v) is 4.45. The van der Waals surface area contributed by atoms with Crippen LogP contribution < -0.4 is 4.70 Å². The second kappa shape index (κ2) is 49.9. The first-order chi connectivity index (χ1) is 9.39. The molecule has 0 bridgehead atoms. The normalized spacial score (nSPS) is 6.82. The largest absolute Gasteiger partial charge is 1.00 e. The van der Waals surface area contributed by atoms with E-state index in [4.69, 9.17) is 53.0 Å². The first kappa shape index (κ1) is 49.6. The van der Waals surface area contributed by atoms with Crippen LogP contribution in [-0.4, -0.2) is 20.0 Å². The summed E-state index contributed by atoms with van der Waals surface area (Å²) in [6.07, 6.45) is 0. The number of rotatable bonds is 1. The molecule has 0 spiro atoms. The molecule has 0 radical (unpaired) electrons. The van der Waals surface area contributed by atoms with Gasteiger partial charge in [0.15, 0.2) is 4.77 Å². The first-order valence-corrected chi connectivity index (χ1v) is 7.55. The molecule has 0 heterocycles. The fraction of sp³-hybridized carbons (Fsp3) is 0.273. The van der Waals surface area contributed by atoms with Crippen LogP contribution in [0.25, 0.3) is 4.85 Å². The van der Waals surface area contributed by atoms with Crippen molar-refractivity contribution in [3.63, 3.8) is 0 Å². The van der Waals surface area contributed by atoms with Gasteiger partial charge in [0.1, 0.15) is 0 Å². The van der Waals surface area contributed by atoms with Crippen molar-refractivity contribution in [1.29, 1.82) is 0 Å². The van der Waals surface area contributed by atoms with Crippen molar-refractivity contribution in [2.75, 3.05) is 20.0 Å². The molecule has 0 atom stereocenters. The number of nitrogens with zero attached hydrogens (tertiary/aromatic N) is 1. The zero-order chi connectivity index (χ0) is 18.4.